The Morgan fingerprint density at radius 1 is 1.16 bits per heavy atom. The molecule has 1 aliphatic carbocycles. The number of ether oxygens (including phenoxy) is 2. The third-order valence-corrected chi connectivity index (χ3v) is 5.99. The van der Waals surface area contributed by atoms with Crippen molar-refractivity contribution >= 4 is 16.9 Å². The number of hydrogen-bond donors (Lipinski definition) is 2. The molecule has 0 unspecified atom stereocenters. The Kier molecular flexibility index (Phi) is 5.51. The van der Waals surface area contributed by atoms with Gasteiger partial charge >= 0.3 is 0 Å². The highest BCUT2D eigenvalue weighted by Crippen LogP contribution is 2.29. The fraction of sp³-hybridized carbons (Fsp3) is 0.417. The highest BCUT2D eigenvalue weighted by atomic mass is 16.5. The number of amides is 1. The minimum atomic E-state index is -0.0672. The zero-order valence-corrected chi connectivity index (χ0v) is 17.8. The topological polar surface area (TPSA) is 79.5 Å². The standard InChI is InChI=1S/C24H28N4O3/c1-30-18-8-9-19(24(29)25-16-6-7-16)22(14-18)31-17-10-12-28(13-11-17)15-23-26-20-4-2-3-5-21(20)27-23/h2-5,8-9,14,16-17H,6-7,10-13,15H2,1H3,(H,25,29)(H,26,27). The number of nitrogens with zero attached hydrogens (tertiary/aromatic N) is 2. The number of benzene rings is 2. The highest BCUT2D eigenvalue weighted by Gasteiger charge is 2.27. The second kappa shape index (κ2) is 8.59. The van der Waals surface area contributed by atoms with Crippen LogP contribution < -0.4 is 14.8 Å². The molecule has 7 nitrogen and oxygen atoms in total. The first-order chi connectivity index (χ1) is 15.2. The van der Waals surface area contributed by atoms with Crippen molar-refractivity contribution in [1.29, 1.82) is 0 Å². The van der Waals surface area contributed by atoms with Crippen LogP contribution in [0.2, 0.25) is 0 Å². The Labute approximate surface area is 181 Å². The normalized spacial score (nSPS) is 17.6. The summed E-state index contributed by atoms with van der Waals surface area (Å²) in [5, 5.41) is 3.05. The number of H-pyrrole nitrogens is 1. The van der Waals surface area contributed by atoms with E-state index in [1.54, 1.807) is 13.2 Å². The largest absolute Gasteiger partial charge is 0.497 e. The zero-order valence-electron chi connectivity index (χ0n) is 17.8. The number of fused-ring (bicyclic) bond motifs is 1. The molecule has 162 valence electrons. The van der Waals surface area contributed by atoms with Gasteiger partial charge in [0.25, 0.3) is 5.91 Å². The molecule has 0 radical (unpaired) electrons. The van der Waals surface area contributed by atoms with Crippen molar-refractivity contribution in [3.8, 4) is 11.5 Å². The van der Waals surface area contributed by atoms with Gasteiger partial charge in [-0.2, -0.15) is 0 Å². The minimum absolute atomic E-state index is 0.0672. The van der Waals surface area contributed by atoms with Gasteiger partial charge in [-0.05, 0) is 49.9 Å². The molecule has 2 heterocycles. The Hall–Kier alpha value is -3.06. The lowest BCUT2D eigenvalue weighted by Crippen LogP contribution is -2.38. The van der Waals surface area contributed by atoms with E-state index in [0.717, 1.165) is 62.2 Å². The Bertz CT molecular complexity index is 1030. The van der Waals surface area contributed by atoms with Crippen LogP contribution in [0.5, 0.6) is 11.5 Å². The van der Waals surface area contributed by atoms with Crippen LogP contribution in [0, 0.1) is 0 Å². The molecule has 2 fully saturated rings. The SMILES string of the molecule is COc1ccc(C(=O)NC2CC2)c(OC2CCN(Cc3nc4ccccc4[nH]3)CC2)c1. The second-order valence-corrected chi connectivity index (χ2v) is 8.40. The number of nitrogens with one attached hydrogen (secondary N) is 2. The lowest BCUT2D eigenvalue weighted by atomic mass is 10.1. The fourth-order valence-electron chi connectivity index (χ4n) is 4.06. The summed E-state index contributed by atoms with van der Waals surface area (Å²) in [4.78, 5) is 23.1. The molecule has 1 aliphatic heterocycles. The molecule has 3 aromatic rings. The van der Waals surface area contributed by atoms with E-state index in [9.17, 15) is 4.79 Å². The summed E-state index contributed by atoms with van der Waals surface area (Å²) in [7, 11) is 1.62. The van der Waals surface area contributed by atoms with Crippen molar-refractivity contribution in [2.45, 2.75) is 44.4 Å². The van der Waals surface area contributed by atoms with E-state index in [1.165, 1.54) is 0 Å². The van der Waals surface area contributed by atoms with Gasteiger partial charge in [0.2, 0.25) is 0 Å². The van der Waals surface area contributed by atoms with E-state index in [4.69, 9.17) is 9.47 Å². The van der Waals surface area contributed by atoms with Crippen molar-refractivity contribution in [3.05, 3.63) is 53.9 Å². The number of piperidine rings is 1. The van der Waals surface area contributed by atoms with Crippen LogP contribution in [0.15, 0.2) is 42.5 Å². The molecule has 0 bridgehead atoms. The van der Waals surface area contributed by atoms with E-state index >= 15 is 0 Å². The average molecular weight is 421 g/mol. The fourth-order valence-corrected chi connectivity index (χ4v) is 4.06. The molecule has 1 saturated heterocycles. The molecular formula is C24H28N4O3. The molecule has 5 rings (SSSR count). The summed E-state index contributed by atoms with van der Waals surface area (Å²) in [6.07, 6.45) is 4.00. The van der Waals surface area contributed by atoms with Crippen LogP contribution in [0.1, 0.15) is 41.9 Å². The van der Waals surface area contributed by atoms with Gasteiger partial charge in [0, 0.05) is 25.2 Å². The lowest BCUT2D eigenvalue weighted by molar-refractivity contribution is 0.0884. The number of carbonyl (C=O) groups is 1. The monoisotopic (exact) mass is 420 g/mol. The number of aromatic nitrogens is 2. The highest BCUT2D eigenvalue weighted by molar-refractivity contribution is 5.97. The van der Waals surface area contributed by atoms with E-state index < -0.39 is 0 Å². The number of imidazole rings is 1. The molecule has 1 saturated carbocycles. The predicted octanol–water partition coefficient (Wildman–Crippen LogP) is 3.51. The third kappa shape index (κ3) is 4.66. The maximum Gasteiger partial charge on any atom is 0.255 e. The predicted molar refractivity (Wildman–Crippen MR) is 119 cm³/mol. The van der Waals surface area contributed by atoms with Crippen LogP contribution in [0.4, 0.5) is 0 Å². The number of para-hydroxylation sites is 2. The summed E-state index contributed by atoms with van der Waals surface area (Å²) in [5.74, 6) is 2.23. The number of hydrogen-bond acceptors (Lipinski definition) is 5. The molecule has 0 spiro atoms. The van der Waals surface area contributed by atoms with Crippen LogP contribution >= 0.6 is 0 Å². The van der Waals surface area contributed by atoms with Crippen molar-refractivity contribution in [3.63, 3.8) is 0 Å². The van der Waals surface area contributed by atoms with Gasteiger partial charge in [-0.25, -0.2) is 4.98 Å². The van der Waals surface area contributed by atoms with Crippen LogP contribution in [0.3, 0.4) is 0 Å². The summed E-state index contributed by atoms with van der Waals surface area (Å²) in [5.41, 5.74) is 2.66. The molecule has 2 aromatic carbocycles. The van der Waals surface area contributed by atoms with Crippen molar-refractivity contribution in [1.82, 2.24) is 20.2 Å². The molecular weight excluding hydrogens is 392 g/mol. The molecule has 1 amide bonds. The van der Waals surface area contributed by atoms with Crippen LogP contribution in [0.25, 0.3) is 11.0 Å². The Balaban J connectivity index is 1.21. The van der Waals surface area contributed by atoms with Gasteiger partial charge in [-0.3, -0.25) is 9.69 Å². The van der Waals surface area contributed by atoms with E-state index in [0.29, 0.717) is 23.1 Å². The maximum absolute atomic E-state index is 12.6. The van der Waals surface area contributed by atoms with E-state index in [1.807, 2.05) is 30.3 Å². The molecule has 2 aliphatic rings. The number of carbonyl (C=O) groups excluding carboxylic acids is 1. The average Bonchev–Trinajstić information content (AvgIpc) is 3.51. The zero-order chi connectivity index (χ0) is 21.2. The van der Waals surface area contributed by atoms with Crippen LogP contribution in [-0.4, -0.2) is 53.1 Å². The molecule has 7 heteroatoms. The lowest BCUT2D eigenvalue weighted by Gasteiger charge is -2.32. The number of aromatic amines is 1. The first kappa shape index (κ1) is 19.9. The number of methoxy groups -OCH3 is 1. The van der Waals surface area contributed by atoms with Gasteiger partial charge in [-0.1, -0.05) is 12.1 Å². The van der Waals surface area contributed by atoms with Crippen molar-refractivity contribution in [2.75, 3.05) is 20.2 Å². The maximum atomic E-state index is 12.6. The summed E-state index contributed by atoms with van der Waals surface area (Å²) < 4.78 is 11.7. The first-order valence-electron chi connectivity index (χ1n) is 11.0. The summed E-state index contributed by atoms with van der Waals surface area (Å²) >= 11 is 0. The summed E-state index contributed by atoms with van der Waals surface area (Å²) in [6, 6.07) is 13.8. The third-order valence-electron chi connectivity index (χ3n) is 5.99. The second-order valence-electron chi connectivity index (χ2n) is 8.40. The minimum Gasteiger partial charge on any atom is -0.497 e. The van der Waals surface area contributed by atoms with Crippen molar-refractivity contribution in [2.24, 2.45) is 0 Å². The smallest absolute Gasteiger partial charge is 0.255 e. The first-order valence-corrected chi connectivity index (χ1v) is 11.0. The summed E-state index contributed by atoms with van der Waals surface area (Å²) in [6.45, 7) is 2.65. The molecule has 0 atom stereocenters. The quantitative estimate of drug-likeness (QED) is 0.612. The van der Waals surface area contributed by atoms with Gasteiger partial charge < -0.3 is 19.8 Å². The van der Waals surface area contributed by atoms with Gasteiger partial charge in [0.15, 0.2) is 0 Å². The van der Waals surface area contributed by atoms with Gasteiger partial charge in [0.1, 0.15) is 23.4 Å². The molecule has 1 aromatic heterocycles. The van der Waals surface area contributed by atoms with E-state index in [2.05, 4.69) is 26.3 Å². The van der Waals surface area contributed by atoms with Gasteiger partial charge in [-0.15, -0.1) is 0 Å². The van der Waals surface area contributed by atoms with Crippen molar-refractivity contribution < 1.29 is 14.3 Å². The number of rotatable bonds is 7. The Morgan fingerprint density at radius 2 is 1.97 bits per heavy atom. The molecule has 31 heavy (non-hydrogen) atoms. The van der Waals surface area contributed by atoms with Gasteiger partial charge in [0.05, 0.1) is 30.3 Å². The Morgan fingerprint density at radius 3 is 2.71 bits per heavy atom. The van der Waals surface area contributed by atoms with E-state index in [-0.39, 0.29) is 12.0 Å². The van der Waals surface area contributed by atoms with Crippen LogP contribution in [-0.2, 0) is 6.54 Å². The number of likely N-dealkylation sites (tertiary alicyclic amines) is 1. The molecule has 2 N–H and O–H groups in total.